The van der Waals surface area contributed by atoms with Gasteiger partial charge in [-0.25, -0.2) is 0 Å². The summed E-state index contributed by atoms with van der Waals surface area (Å²) < 4.78 is 6.21. The summed E-state index contributed by atoms with van der Waals surface area (Å²) in [4.78, 5) is 30.3. The van der Waals surface area contributed by atoms with Crippen molar-refractivity contribution in [2.75, 3.05) is 23.9 Å². The third-order valence-electron chi connectivity index (χ3n) is 7.19. The largest absolute Gasteiger partial charge is 0.310 e. The second-order valence-corrected chi connectivity index (χ2v) is 15.0. The van der Waals surface area contributed by atoms with Crippen LogP contribution in [0.4, 0.5) is 11.4 Å². The number of amides is 2. The van der Waals surface area contributed by atoms with E-state index in [1.54, 1.807) is 23.9 Å². The first-order valence-corrected chi connectivity index (χ1v) is 16.6. The third-order valence-corrected chi connectivity index (χ3v) is 15.6. The van der Waals surface area contributed by atoms with E-state index in [0.717, 1.165) is 81.3 Å². The monoisotopic (exact) mass is 985 g/mol. The molecule has 0 N–H and O–H groups in total. The van der Waals surface area contributed by atoms with E-state index in [-0.39, 0.29) is 11.8 Å². The zero-order valence-electron chi connectivity index (χ0n) is 17.7. The average molecular weight is 994 g/mol. The van der Waals surface area contributed by atoms with Crippen LogP contribution in [0.15, 0.2) is 35.8 Å². The highest BCUT2D eigenvalue weighted by atomic mass is 79.9. The normalized spacial score (nSPS) is 14.9. The highest BCUT2D eigenvalue weighted by molar-refractivity contribution is 9.14. The Kier molecular flexibility index (Phi) is 5.52. The number of anilines is 2. The minimum Gasteiger partial charge on any atom is -0.310 e. The SMILES string of the molecule is CN1C(=O)c2c(Br)c(Br)c3c4c(Br)c(Br)c5c6c(c(Br)c(Br)c(c7c(Br)c(Br)c1c2c37)c64)C(=O)N5C. The summed E-state index contributed by atoms with van der Waals surface area (Å²) in [5.41, 5.74) is 2.86. The Morgan fingerprint density at radius 2 is 0.667 bits per heavy atom. The number of hydrogen-bond donors (Lipinski definition) is 0. The number of hydrogen-bond acceptors (Lipinski definition) is 2. The van der Waals surface area contributed by atoms with Gasteiger partial charge in [0.2, 0.25) is 0 Å². The molecule has 0 spiro atoms. The van der Waals surface area contributed by atoms with Gasteiger partial charge in [0.15, 0.2) is 0 Å². The predicted molar refractivity (Wildman–Crippen MR) is 175 cm³/mol. The second kappa shape index (κ2) is 7.89. The zero-order chi connectivity index (χ0) is 25.9. The highest BCUT2D eigenvalue weighted by Gasteiger charge is 2.41. The summed E-state index contributed by atoms with van der Waals surface area (Å²) >= 11 is 30.5. The first kappa shape index (κ1) is 25.2. The molecule has 2 heterocycles. The van der Waals surface area contributed by atoms with Gasteiger partial charge >= 0.3 is 0 Å². The fourth-order valence-corrected chi connectivity index (χ4v) is 10.5. The van der Waals surface area contributed by atoms with Gasteiger partial charge < -0.3 is 9.80 Å². The molecule has 4 nitrogen and oxygen atoms in total. The number of carbonyl (C=O) groups is 2. The fourth-order valence-electron chi connectivity index (χ4n) is 5.73. The smallest absolute Gasteiger partial charge is 0.259 e. The molecule has 0 bridgehead atoms. The topological polar surface area (TPSA) is 40.6 Å². The van der Waals surface area contributed by atoms with E-state index in [9.17, 15) is 9.59 Å². The third kappa shape index (κ3) is 2.61. The molecule has 0 saturated carbocycles. The van der Waals surface area contributed by atoms with Gasteiger partial charge in [0.05, 0.1) is 31.4 Å². The Morgan fingerprint density at radius 3 is 0.972 bits per heavy atom. The van der Waals surface area contributed by atoms with Crippen LogP contribution in [0.2, 0.25) is 0 Å². The van der Waals surface area contributed by atoms with Gasteiger partial charge in [0.1, 0.15) is 0 Å². The van der Waals surface area contributed by atoms with E-state index in [2.05, 4.69) is 127 Å². The van der Waals surface area contributed by atoms with Gasteiger partial charge in [-0.3, -0.25) is 9.59 Å². The second-order valence-electron chi connectivity index (χ2n) is 8.69. The lowest BCUT2D eigenvalue weighted by atomic mass is 9.87. The van der Waals surface area contributed by atoms with Crippen LogP contribution in [0.1, 0.15) is 20.7 Å². The molecule has 5 aromatic rings. The van der Waals surface area contributed by atoms with Crippen molar-refractivity contribution in [2.45, 2.75) is 0 Å². The molecule has 0 unspecified atom stereocenters. The van der Waals surface area contributed by atoms with Crippen LogP contribution in [-0.2, 0) is 0 Å². The van der Waals surface area contributed by atoms with Gasteiger partial charge in [-0.05, 0) is 127 Å². The molecule has 36 heavy (non-hydrogen) atoms. The van der Waals surface area contributed by atoms with Crippen molar-refractivity contribution in [2.24, 2.45) is 0 Å². The van der Waals surface area contributed by atoms with E-state index in [1.807, 2.05) is 0 Å². The van der Waals surface area contributed by atoms with E-state index < -0.39 is 0 Å². The van der Waals surface area contributed by atoms with Crippen LogP contribution in [-0.4, -0.2) is 25.9 Å². The zero-order valence-corrected chi connectivity index (χ0v) is 30.4. The van der Waals surface area contributed by atoms with Crippen molar-refractivity contribution < 1.29 is 9.59 Å². The van der Waals surface area contributed by atoms with Crippen molar-refractivity contribution >= 4 is 194 Å². The summed E-state index contributed by atoms with van der Waals surface area (Å²) in [6.45, 7) is 0. The van der Waals surface area contributed by atoms with Gasteiger partial charge in [0, 0.05) is 84.0 Å². The molecule has 12 heteroatoms. The van der Waals surface area contributed by atoms with Crippen LogP contribution >= 0.6 is 127 Å². The Labute approximate surface area is 270 Å². The highest BCUT2D eigenvalue weighted by Crippen LogP contribution is 2.62. The lowest BCUT2D eigenvalue weighted by molar-refractivity contribution is 0.0990. The van der Waals surface area contributed by atoms with Crippen molar-refractivity contribution in [3.63, 3.8) is 0 Å². The van der Waals surface area contributed by atoms with Crippen LogP contribution in [0, 0.1) is 0 Å². The van der Waals surface area contributed by atoms with Gasteiger partial charge in [-0.1, -0.05) is 0 Å². The summed E-state index contributed by atoms with van der Waals surface area (Å²) in [6, 6.07) is 0. The number of fused-ring (bicyclic) bond motifs is 2. The number of benzene rings is 5. The molecule has 2 aliphatic heterocycles. The lowest BCUT2D eigenvalue weighted by Crippen LogP contribution is -2.21. The maximum atomic E-state index is 13.5. The molecule has 0 radical (unpaired) electrons. The first-order chi connectivity index (χ1) is 16.9. The molecule has 2 amide bonds. The maximum absolute atomic E-state index is 13.5. The first-order valence-electron chi connectivity index (χ1n) is 10.2. The van der Waals surface area contributed by atoms with Crippen LogP contribution < -0.4 is 9.80 Å². The predicted octanol–water partition coefficient (Wildman–Crippen LogP) is 11.0. The maximum Gasteiger partial charge on any atom is 0.259 e. The number of halogens is 8. The van der Waals surface area contributed by atoms with E-state index in [4.69, 9.17) is 0 Å². The number of rotatable bonds is 0. The van der Waals surface area contributed by atoms with Crippen molar-refractivity contribution in [1.82, 2.24) is 0 Å². The summed E-state index contributed by atoms with van der Waals surface area (Å²) in [5, 5.41) is 7.44. The van der Waals surface area contributed by atoms with Crippen LogP contribution in [0.3, 0.4) is 0 Å². The molecule has 2 aliphatic rings. The Hall–Kier alpha value is 0.180. The van der Waals surface area contributed by atoms with E-state index in [1.165, 1.54) is 0 Å². The molecular formula is C24H6Br8N2O2. The molecule has 7 rings (SSSR count). The molecule has 0 aromatic heterocycles. The summed E-state index contributed by atoms with van der Waals surface area (Å²) in [6.07, 6.45) is 0. The van der Waals surface area contributed by atoms with E-state index >= 15 is 0 Å². The van der Waals surface area contributed by atoms with Crippen molar-refractivity contribution in [3.8, 4) is 0 Å². The molecular weight excluding hydrogens is 988 g/mol. The summed E-state index contributed by atoms with van der Waals surface area (Å²) in [5.74, 6) is -0.165. The molecule has 0 saturated heterocycles. The van der Waals surface area contributed by atoms with Crippen LogP contribution in [0.5, 0.6) is 0 Å². The van der Waals surface area contributed by atoms with Gasteiger partial charge in [-0.15, -0.1) is 0 Å². The molecule has 0 aliphatic carbocycles. The van der Waals surface area contributed by atoms with Crippen molar-refractivity contribution in [3.05, 3.63) is 46.9 Å². The summed E-state index contributed by atoms with van der Waals surface area (Å²) in [7, 11) is 3.58. The van der Waals surface area contributed by atoms with Gasteiger partial charge in [-0.2, -0.15) is 0 Å². The molecule has 0 atom stereocenters. The fraction of sp³-hybridized carbons (Fsp3) is 0.0833. The Morgan fingerprint density at radius 1 is 0.389 bits per heavy atom. The minimum atomic E-state index is -0.0823. The van der Waals surface area contributed by atoms with Crippen LogP contribution in [0.25, 0.3) is 43.1 Å². The molecule has 180 valence electrons. The standard InChI is InChI=1S/C24H6Br8N2O2/c1-33-21-9-3-5(13(25)17(29)11(9)23(33)35)8-4-6(7(3)15(27)19(21)31)14(26)18(30)12-10(4)22(20(32)16(8)28)34(2)24(12)36/h1-2H3. The Balaban J connectivity index is 2.00. The minimum absolute atomic E-state index is 0.0823. The lowest BCUT2D eigenvalue weighted by Gasteiger charge is -2.23. The quantitative estimate of drug-likeness (QED) is 0.115. The average Bonchev–Trinajstić information content (AvgIpc) is 3.26. The van der Waals surface area contributed by atoms with Crippen molar-refractivity contribution in [1.29, 1.82) is 0 Å². The number of nitrogens with zero attached hydrogens (tertiary/aromatic N) is 2. The number of carbonyl (C=O) groups excluding carboxylic acids is 2. The molecule has 5 aromatic carbocycles. The molecule has 0 fully saturated rings. The Bertz CT molecular complexity index is 1840. The van der Waals surface area contributed by atoms with E-state index in [0.29, 0.717) is 20.1 Å². The van der Waals surface area contributed by atoms with Gasteiger partial charge in [0.25, 0.3) is 11.8 Å².